The van der Waals surface area contributed by atoms with Gasteiger partial charge >= 0.3 is 5.91 Å². The highest BCUT2D eigenvalue weighted by atomic mass is 19.1. The summed E-state index contributed by atoms with van der Waals surface area (Å²) in [6.45, 7) is 1.84. The molecule has 1 heterocycles. The number of aryl methyl sites for hydroxylation is 1. The van der Waals surface area contributed by atoms with E-state index in [9.17, 15) is 14.3 Å². The standard InChI is InChI=1S/C16H16FN2O2/c1-11-7-8-12(17)9-14(11)19(13-5-3-2-4-6-13)15(20)10-18-16(19)21/h2-9,16,18,21H,10H2,1H3/q+1. The molecule has 2 aromatic carbocycles. The lowest BCUT2D eigenvalue weighted by atomic mass is 10.1. The Bertz CT molecular complexity index is 690. The monoisotopic (exact) mass is 287 g/mol. The summed E-state index contributed by atoms with van der Waals surface area (Å²) in [5.74, 6) is -0.654. The number of para-hydroxylation sites is 1. The molecular weight excluding hydrogens is 271 g/mol. The van der Waals surface area contributed by atoms with Crippen molar-refractivity contribution in [2.45, 2.75) is 13.3 Å². The van der Waals surface area contributed by atoms with Crippen molar-refractivity contribution >= 4 is 17.3 Å². The molecule has 0 radical (unpaired) electrons. The fourth-order valence-corrected chi connectivity index (χ4v) is 2.89. The maximum atomic E-state index is 13.7. The van der Waals surface area contributed by atoms with Crippen molar-refractivity contribution in [2.24, 2.45) is 0 Å². The zero-order valence-corrected chi connectivity index (χ0v) is 11.6. The highest BCUT2D eigenvalue weighted by Gasteiger charge is 2.53. The number of nitrogens with one attached hydrogen (secondary N) is 1. The van der Waals surface area contributed by atoms with Crippen molar-refractivity contribution in [3.63, 3.8) is 0 Å². The molecule has 3 rings (SSSR count). The van der Waals surface area contributed by atoms with Crippen LogP contribution in [0, 0.1) is 12.7 Å². The van der Waals surface area contributed by atoms with Crippen molar-refractivity contribution in [1.29, 1.82) is 0 Å². The van der Waals surface area contributed by atoms with Crippen molar-refractivity contribution < 1.29 is 14.3 Å². The Hall–Kier alpha value is -2.08. The topological polar surface area (TPSA) is 49.3 Å². The van der Waals surface area contributed by atoms with Crippen LogP contribution in [0.3, 0.4) is 0 Å². The van der Waals surface area contributed by atoms with Gasteiger partial charge in [-0.25, -0.2) is 14.5 Å². The summed E-state index contributed by atoms with van der Waals surface area (Å²) in [5, 5.41) is 13.2. The lowest BCUT2D eigenvalue weighted by molar-refractivity contribution is -0.127. The first-order valence-corrected chi connectivity index (χ1v) is 6.72. The van der Waals surface area contributed by atoms with Crippen LogP contribution < -0.4 is 9.80 Å². The molecule has 0 aromatic heterocycles. The fraction of sp³-hybridized carbons (Fsp3) is 0.188. The third-order valence-corrected chi connectivity index (χ3v) is 3.91. The molecule has 0 bridgehead atoms. The first kappa shape index (κ1) is 13.9. The molecule has 0 spiro atoms. The molecule has 108 valence electrons. The lowest BCUT2D eigenvalue weighted by Gasteiger charge is -2.33. The zero-order chi connectivity index (χ0) is 15.0. The highest BCUT2D eigenvalue weighted by Crippen LogP contribution is 2.40. The molecule has 1 aliphatic heterocycles. The van der Waals surface area contributed by atoms with Crippen molar-refractivity contribution in [3.05, 3.63) is 59.9 Å². The predicted molar refractivity (Wildman–Crippen MR) is 78.0 cm³/mol. The molecule has 2 aromatic rings. The minimum Gasteiger partial charge on any atom is -0.331 e. The Balaban J connectivity index is 2.32. The average molecular weight is 287 g/mol. The first-order chi connectivity index (χ1) is 10.1. The summed E-state index contributed by atoms with van der Waals surface area (Å²) in [6, 6.07) is 13.2. The summed E-state index contributed by atoms with van der Waals surface area (Å²) in [7, 11) is 0. The molecule has 1 fully saturated rings. The number of hydrogen-bond donors (Lipinski definition) is 2. The number of rotatable bonds is 2. The molecule has 4 nitrogen and oxygen atoms in total. The van der Waals surface area contributed by atoms with Crippen LogP contribution in [0.4, 0.5) is 15.8 Å². The van der Waals surface area contributed by atoms with E-state index in [0.29, 0.717) is 11.4 Å². The Morgan fingerprint density at radius 2 is 1.95 bits per heavy atom. The van der Waals surface area contributed by atoms with Gasteiger partial charge in [0.15, 0.2) is 5.69 Å². The highest BCUT2D eigenvalue weighted by molar-refractivity contribution is 5.99. The number of quaternary nitrogens is 1. The van der Waals surface area contributed by atoms with E-state index in [1.165, 1.54) is 12.1 Å². The number of carbonyl (C=O) groups excluding carboxylic acids is 1. The SMILES string of the molecule is Cc1ccc(F)cc1[N+]1(c2ccccc2)C(=O)CNC1O. The Labute approximate surface area is 122 Å². The first-order valence-electron chi connectivity index (χ1n) is 6.72. The predicted octanol–water partition coefficient (Wildman–Crippen LogP) is 2.18. The van der Waals surface area contributed by atoms with Crippen LogP contribution in [0.5, 0.6) is 0 Å². The van der Waals surface area contributed by atoms with E-state index in [-0.39, 0.29) is 12.5 Å². The second-order valence-corrected chi connectivity index (χ2v) is 5.14. The van der Waals surface area contributed by atoms with E-state index in [2.05, 4.69) is 5.32 Å². The van der Waals surface area contributed by atoms with Crippen LogP contribution in [0.1, 0.15) is 5.56 Å². The van der Waals surface area contributed by atoms with Gasteiger partial charge in [-0.3, -0.25) is 0 Å². The number of carbonyl (C=O) groups is 1. The third-order valence-electron chi connectivity index (χ3n) is 3.91. The molecular formula is C16H16FN2O2+. The van der Waals surface area contributed by atoms with Crippen LogP contribution in [0.15, 0.2) is 48.5 Å². The maximum absolute atomic E-state index is 13.7. The molecule has 1 amide bonds. The minimum atomic E-state index is -1.14. The molecule has 2 N–H and O–H groups in total. The second kappa shape index (κ2) is 5.04. The smallest absolute Gasteiger partial charge is 0.331 e. The van der Waals surface area contributed by atoms with Gasteiger partial charge in [0.2, 0.25) is 0 Å². The fourth-order valence-electron chi connectivity index (χ4n) is 2.89. The molecule has 0 aliphatic carbocycles. The van der Waals surface area contributed by atoms with Gasteiger partial charge in [-0.05, 0) is 13.0 Å². The van der Waals surface area contributed by atoms with E-state index in [1.807, 2.05) is 6.07 Å². The summed E-state index contributed by atoms with van der Waals surface area (Å²) < 4.78 is 13.3. The quantitative estimate of drug-likeness (QED) is 0.832. The average Bonchev–Trinajstić information content (AvgIpc) is 2.79. The maximum Gasteiger partial charge on any atom is 0.341 e. The van der Waals surface area contributed by atoms with Gasteiger partial charge in [0.1, 0.15) is 18.0 Å². The van der Waals surface area contributed by atoms with Crippen LogP contribution >= 0.6 is 0 Å². The number of aliphatic hydroxyl groups is 1. The van der Waals surface area contributed by atoms with Gasteiger partial charge in [-0.2, -0.15) is 4.48 Å². The second-order valence-electron chi connectivity index (χ2n) is 5.14. The van der Waals surface area contributed by atoms with E-state index < -0.39 is 16.7 Å². The molecule has 1 saturated heterocycles. The number of hydrogen-bond acceptors (Lipinski definition) is 3. The Morgan fingerprint density at radius 3 is 2.57 bits per heavy atom. The van der Waals surface area contributed by atoms with E-state index in [4.69, 9.17) is 0 Å². The van der Waals surface area contributed by atoms with Gasteiger partial charge in [-0.1, -0.05) is 24.3 Å². The van der Waals surface area contributed by atoms with Crippen molar-refractivity contribution in [1.82, 2.24) is 9.80 Å². The van der Waals surface area contributed by atoms with Gasteiger partial charge in [0.05, 0.1) is 0 Å². The van der Waals surface area contributed by atoms with Gasteiger partial charge in [-0.15, -0.1) is 0 Å². The summed E-state index contributed by atoms with van der Waals surface area (Å²) in [6.07, 6.45) is -1.14. The number of benzene rings is 2. The van der Waals surface area contributed by atoms with Crippen LogP contribution in [0.25, 0.3) is 0 Å². The lowest BCUT2D eigenvalue weighted by Crippen LogP contribution is -2.54. The van der Waals surface area contributed by atoms with Crippen molar-refractivity contribution in [3.8, 4) is 0 Å². The molecule has 1 aliphatic rings. The number of amides is 1. The van der Waals surface area contributed by atoms with E-state index in [1.54, 1.807) is 37.3 Å². The summed E-state index contributed by atoms with van der Waals surface area (Å²) >= 11 is 0. The van der Waals surface area contributed by atoms with Crippen LogP contribution in [-0.4, -0.2) is 23.9 Å². The Kier molecular flexibility index (Phi) is 3.33. The summed E-state index contributed by atoms with van der Waals surface area (Å²) in [5.41, 5.74) is 1.80. The van der Waals surface area contributed by atoms with Gasteiger partial charge in [0, 0.05) is 23.8 Å². The molecule has 2 atom stereocenters. The normalized spacial score (nSPS) is 25.3. The molecule has 21 heavy (non-hydrogen) atoms. The Morgan fingerprint density at radius 1 is 1.24 bits per heavy atom. The van der Waals surface area contributed by atoms with Crippen LogP contribution in [-0.2, 0) is 4.79 Å². The largest absolute Gasteiger partial charge is 0.341 e. The van der Waals surface area contributed by atoms with Crippen LogP contribution in [0.2, 0.25) is 0 Å². The zero-order valence-electron chi connectivity index (χ0n) is 11.6. The molecule has 0 saturated carbocycles. The molecule has 5 heteroatoms. The molecule has 2 unspecified atom stereocenters. The number of nitrogens with zero attached hydrogens (tertiary/aromatic N) is 1. The minimum absolute atomic E-state index is 0.0337. The van der Waals surface area contributed by atoms with Gasteiger partial charge in [0.25, 0.3) is 6.35 Å². The van der Waals surface area contributed by atoms with Gasteiger partial charge < -0.3 is 5.11 Å². The summed E-state index contributed by atoms with van der Waals surface area (Å²) in [4.78, 5) is 12.6. The van der Waals surface area contributed by atoms with E-state index >= 15 is 0 Å². The van der Waals surface area contributed by atoms with Crippen molar-refractivity contribution in [2.75, 3.05) is 6.54 Å². The number of halogens is 1. The third kappa shape index (κ3) is 1.98. The van der Waals surface area contributed by atoms with E-state index in [0.717, 1.165) is 5.56 Å². The number of aliphatic hydroxyl groups excluding tert-OH is 1.